The maximum atomic E-state index is 13.4. The molecule has 0 saturated carbocycles. The van der Waals surface area contributed by atoms with E-state index < -0.39 is 0 Å². The van der Waals surface area contributed by atoms with Gasteiger partial charge in [-0.05, 0) is 56.3 Å². The Labute approximate surface area is 207 Å². The molecule has 0 spiro atoms. The number of rotatable bonds is 1. The van der Waals surface area contributed by atoms with Crippen LogP contribution in [0.2, 0.25) is 0 Å². The first-order valence-corrected chi connectivity index (χ1v) is 12.1. The fourth-order valence-corrected chi connectivity index (χ4v) is 6.23. The van der Waals surface area contributed by atoms with Gasteiger partial charge in [0.2, 0.25) is 0 Å². The van der Waals surface area contributed by atoms with Gasteiger partial charge in [0.15, 0.2) is 11.6 Å². The zero-order valence-electron chi connectivity index (χ0n) is 19.2. The highest BCUT2D eigenvalue weighted by Crippen LogP contribution is 2.46. The lowest BCUT2D eigenvalue weighted by atomic mass is 9.78. The molecule has 0 fully saturated rings. The first-order valence-electron chi connectivity index (χ1n) is 12.1. The highest BCUT2D eigenvalue weighted by molar-refractivity contribution is 6.30. The second kappa shape index (κ2) is 6.87. The normalized spacial score (nSPS) is 13.1. The maximum Gasteiger partial charge on any atom is 0.194 e. The molecule has 0 saturated heterocycles. The molecule has 8 rings (SSSR count). The van der Waals surface area contributed by atoms with Crippen LogP contribution in [0.1, 0.15) is 31.8 Å². The summed E-state index contributed by atoms with van der Waals surface area (Å²) in [6.07, 6.45) is 0. The van der Waals surface area contributed by atoms with E-state index in [9.17, 15) is 9.59 Å². The average molecular weight is 459 g/mol. The van der Waals surface area contributed by atoms with E-state index in [1.54, 1.807) is 0 Å². The number of hydrogen-bond donors (Lipinski definition) is 0. The highest BCUT2D eigenvalue weighted by atomic mass is 16.1. The third kappa shape index (κ3) is 2.36. The predicted octanol–water partition coefficient (Wildman–Crippen LogP) is 8.08. The van der Waals surface area contributed by atoms with Gasteiger partial charge < -0.3 is 0 Å². The summed E-state index contributed by atoms with van der Waals surface area (Å²) in [5, 5.41) is 4.10. The molecule has 2 aliphatic carbocycles. The fourth-order valence-electron chi connectivity index (χ4n) is 6.23. The van der Waals surface area contributed by atoms with Crippen LogP contribution in [0.15, 0.2) is 109 Å². The van der Waals surface area contributed by atoms with Crippen LogP contribution >= 0.6 is 0 Å². The fraction of sp³-hybridized carbons (Fsp3) is 0. The summed E-state index contributed by atoms with van der Waals surface area (Å²) in [4.78, 5) is 26.8. The zero-order valence-corrected chi connectivity index (χ0v) is 19.2. The van der Waals surface area contributed by atoms with E-state index in [4.69, 9.17) is 0 Å². The largest absolute Gasteiger partial charge is 0.289 e. The smallest absolute Gasteiger partial charge is 0.194 e. The summed E-state index contributed by atoms with van der Waals surface area (Å²) >= 11 is 0. The van der Waals surface area contributed by atoms with Gasteiger partial charge in [-0.25, -0.2) is 0 Å². The third-order valence-electron chi connectivity index (χ3n) is 7.78. The molecule has 2 heteroatoms. The van der Waals surface area contributed by atoms with Crippen molar-refractivity contribution >= 4 is 33.1 Å². The Morgan fingerprint density at radius 2 is 0.639 bits per heavy atom. The maximum absolute atomic E-state index is 13.4. The lowest BCUT2D eigenvalue weighted by Crippen LogP contribution is -2.11. The molecule has 0 N–H and O–H groups in total. The molecule has 6 aromatic rings. The topological polar surface area (TPSA) is 34.1 Å². The van der Waals surface area contributed by atoms with E-state index in [2.05, 4.69) is 48.5 Å². The van der Waals surface area contributed by atoms with Gasteiger partial charge in [0.25, 0.3) is 0 Å². The molecule has 0 aliphatic heterocycles. The molecule has 6 aromatic carbocycles. The summed E-state index contributed by atoms with van der Waals surface area (Å²) in [5.74, 6) is 0.139. The van der Waals surface area contributed by atoms with Crippen LogP contribution in [-0.4, -0.2) is 11.6 Å². The number of hydrogen-bond acceptors (Lipinski definition) is 2. The van der Waals surface area contributed by atoms with Crippen LogP contribution in [-0.2, 0) is 0 Å². The van der Waals surface area contributed by atoms with E-state index in [1.807, 2.05) is 60.7 Å². The first kappa shape index (κ1) is 19.5. The van der Waals surface area contributed by atoms with Gasteiger partial charge >= 0.3 is 0 Å². The second-order valence-corrected chi connectivity index (χ2v) is 9.53. The Morgan fingerprint density at radius 3 is 1.08 bits per heavy atom. The summed E-state index contributed by atoms with van der Waals surface area (Å²) in [5.41, 5.74) is 9.28. The van der Waals surface area contributed by atoms with Crippen molar-refractivity contribution in [1.82, 2.24) is 0 Å². The summed E-state index contributed by atoms with van der Waals surface area (Å²) in [6, 6.07) is 36.3. The number of carbonyl (C=O) groups excluding carboxylic acids is 2. The van der Waals surface area contributed by atoms with Gasteiger partial charge in [0.05, 0.1) is 0 Å². The molecule has 0 unspecified atom stereocenters. The molecule has 166 valence electrons. The second-order valence-electron chi connectivity index (χ2n) is 9.53. The summed E-state index contributed by atoms with van der Waals surface area (Å²) < 4.78 is 0. The van der Waals surface area contributed by atoms with Crippen molar-refractivity contribution in [3.8, 4) is 33.4 Å². The van der Waals surface area contributed by atoms with Gasteiger partial charge in [-0.15, -0.1) is 0 Å². The number of ketones is 2. The van der Waals surface area contributed by atoms with Gasteiger partial charge in [0.1, 0.15) is 0 Å². The molecule has 2 aliphatic rings. The van der Waals surface area contributed by atoms with Crippen molar-refractivity contribution in [2.24, 2.45) is 0 Å². The van der Waals surface area contributed by atoms with Gasteiger partial charge in [0, 0.05) is 33.0 Å². The monoisotopic (exact) mass is 458 g/mol. The van der Waals surface area contributed by atoms with Crippen LogP contribution in [0.25, 0.3) is 54.9 Å². The Balaban J connectivity index is 1.47. The van der Waals surface area contributed by atoms with Crippen molar-refractivity contribution in [1.29, 1.82) is 0 Å². The molecule has 0 radical (unpaired) electrons. The van der Waals surface area contributed by atoms with Crippen molar-refractivity contribution in [2.45, 2.75) is 0 Å². The molecular weight excluding hydrogens is 440 g/mol. The molecule has 2 nitrogen and oxygen atoms in total. The third-order valence-corrected chi connectivity index (χ3v) is 7.78. The van der Waals surface area contributed by atoms with Gasteiger partial charge in [-0.2, -0.15) is 0 Å². The summed E-state index contributed by atoms with van der Waals surface area (Å²) in [7, 11) is 0. The van der Waals surface area contributed by atoms with Crippen molar-refractivity contribution in [3.05, 3.63) is 131 Å². The van der Waals surface area contributed by atoms with Crippen LogP contribution in [0.3, 0.4) is 0 Å². The number of carbonyl (C=O) groups is 2. The van der Waals surface area contributed by atoms with E-state index in [1.165, 1.54) is 0 Å². The average Bonchev–Trinajstić information content (AvgIpc) is 2.94. The molecule has 0 heterocycles. The van der Waals surface area contributed by atoms with Crippen molar-refractivity contribution in [3.63, 3.8) is 0 Å². The molecule has 36 heavy (non-hydrogen) atoms. The SMILES string of the molecule is O=C1c2ccccc2-c2cccc3c(-c4ccc5c6c(cccc46)-c4ccccc4C5=O)ccc1c23. The lowest BCUT2D eigenvalue weighted by molar-refractivity contribution is 0.103. The van der Waals surface area contributed by atoms with E-state index in [0.717, 1.165) is 77.2 Å². The van der Waals surface area contributed by atoms with Crippen molar-refractivity contribution < 1.29 is 9.59 Å². The minimum atomic E-state index is 0.0694. The standard InChI is InChI=1S/C34H18O2/c35-33-27-9-3-1-7-19(27)23-11-5-13-25-21(15-17-29(33)31(23)25)22-16-18-30-32-24(12-6-14-26(22)32)20-8-2-4-10-28(20)34(30)36/h1-18H. The predicted molar refractivity (Wildman–Crippen MR) is 145 cm³/mol. The molecule has 0 amide bonds. The minimum absolute atomic E-state index is 0.0694. The lowest BCUT2D eigenvalue weighted by Gasteiger charge is -2.23. The summed E-state index contributed by atoms with van der Waals surface area (Å²) in [6.45, 7) is 0. The van der Waals surface area contributed by atoms with E-state index in [0.29, 0.717) is 0 Å². The number of fused-ring (bicyclic) bond motifs is 4. The Morgan fingerprint density at radius 1 is 0.278 bits per heavy atom. The van der Waals surface area contributed by atoms with Crippen LogP contribution < -0.4 is 0 Å². The number of benzene rings is 6. The molecule has 0 bridgehead atoms. The highest BCUT2D eigenvalue weighted by Gasteiger charge is 2.28. The van der Waals surface area contributed by atoms with Crippen LogP contribution in [0.5, 0.6) is 0 Å². The minimum Gasteiger partial charge on any atom is -0.289 e. The molecular formula is C34H18O2. The Hall–Kier alpha value is -4.82. The van der Waals surface area contributed by atoms with Crippen LogP contribution in [0, 0.1) is 0 Å². The Kier molecular flexibility index (Phi) is 3.72. The Bertz CT molecular complexity index is 1830. The quantitative estimate of drug-likeness (QED) is 0.249. The first-order chi connectivity index (χ1) is 17.7. The van der Waals surface area contributed by atoms with Gasteiger partial charge in [-0.3, -0.25) is 9.59 Å². The molecule has 0 atom stereocenters. The molecule has 0 aromatic heterocycles. The van der Waals surface area contributed by atoms with E-state index in [-0.39, 0.29) is 11.6 Å². The van der Waals surface area contributed by atoms with E-state index >= 15 is 0 Å². The van der Waals surface area contributed by atoms with Crippen LogP contribution in [0.4, 0.5) is 0 Å². The van der Waals surface area contributed by atoms with Crippen molar-refractivity contribution in [2.75, 3.05) is 0 Å². The zero-order chi connectivity index (χ0) is 24.0. The van der Waals surface area contributed by atoms with Gasteiger partial charge in [-0.1, -0.05) is 97.1 Å².